The van der Waals surface area contributed by atoms with Crippen LogP contribution in [0.15, 0.2) is 46.9 Å². The average molecular weight is 369 g/mol. The summed E-state index contributed by atoms with van der Waals surface area (Å²) in [6, 6.07) is 13.1. The topological polar surface area (TPSA) is 49.3 Å². The molecule has 0 aliphatic carbocycles. The van der Waals surface area contributed by atoms with Crippen LogP contribution < -0.4 is 5.32 Å². The molecule has 0 aliphatic heterocycles. The molecule has 2 aromatic rings. The Kier molecular flexibility index (Phi) is 5.26. The Morgan fingerprint density at radius 2 is 1.95 bits per heavy atom. The van der Waals surface area contributed by atoms with E-state index in [-0.39, 0.29) is 0 Å². The quantitative estimate of drug-likeness (QED) is 0.789. The van der Waals surface area contributed by atoms with E-state index >= 15 is 0 Å². The van der Waals surface area contributed by atoms with Crippen molar-refractivity contribution in [3.8, 4) is 0 Å². The molecule has 0 fully saturated rings. The Morgan fingerprint density at radius 1 is 1.29 bits per heavy atom. The maximum Gasteiger partial charge on any atom is 0.310 e. The molecule has 0 radical (unpaired) electrons. The molecule has 1 unspecified atom stereocenters. The van der Waals surface area contributed by atoms with E-state index < -0.39 is 11.9 Å². The summed E-state index contributed by atoms with van der Waals surface area (Å²) in [6.07, 6.45) is 0. The molecule has 0 amide bonds. The van der Waals surface area contributed by atoms with Gasteiger partial charge in [-0.3, -0.25) is 4.79 Å². The highest BCUT2D eigenvalue weighted by Gasteiger charge is 2.12. The predicted octanol–water partition coefficient (Wildman–Crippen LogP) is 4.90. The lowest BCUT2D eigenvalue weighted by molar-refractivity contribution is -0.138. The third kappa shape index (κ3) is 4.22. The third-order valence-electron chi connectivity index (χ3n) is 3.26. The minimum atomic E-state index is -0.816. The Morgan fingerprint density at radius 3 is 2.57 bits per heavy atom. The first kappa shape index (κ1) is 15.9. The van der Waals surface area contributed by atoms with Crippen LogP contribution in [-0.4, -0.2) is 11.1 Å². The summed E-state index contributed by atoms with van der Waals surface area (Å²) in [5.74, 6) is -1.31. The molecule has 0 saturated heterocycles. The van der Waals surface area contributed by atoms with Crippen LogP contribution >= 0.6 is 27.5 Å². The second-order valence-corrected chi connectivity index (χ2v) is 6.07. The third-order valence-corrected chi connectivity index (χ3v) is 4.19. The van der Waals surface area contributed by atoms with Crippen molar-refractivity contribution >= 4 is 39.2 Å². The highest BCUT2D eigenvalue weighted by atomic mass is 79.9. The minimum absolute atomic E-state index is 0.492. The van der Waals surface area contributed by atoms with Crippen LogP contribution in [0.5, 0.6) is 0 Å². The SMILES string of the molecule is CC(C(=O)O)c1ccc(CNc2cc(Cl)ccc2Br)cc1. The molecule has 110 valence electrons. The van der Waals surface area contributed by atoms with Crippen molar-refractivity contribution < 1.29 is 9.90 Å². The van der Waals surface area contributed by atoms with Gasteiger partial charge in [-0.05, 0) is 52.2 Å². The summed E-state index contributed by atoms with van der Waals surface area (Å²) < 4.78 is 0.947. The number of hydrogen-bond donors (Lipinski definition) is 2. The lowest BCUT2D eigenvalue weighted by Crippen LogP contribution is -2.07. The second-order valence-electron chi connectivity index (χ2n) is 4.78. The number of hydrogen-bond acceptors (Lipinski definition) is 2. The van der Waals surface area contributed by atoms with Gasteiger partial charge in [-0.2, -0.15) is 0 Å². The predicted molar refractivity (Wildman–Crippen MR) is 89.0 cm³/mol. The Bertz CT molecular complexity index is 643. The Hall–Kier alpha value is -1.52. The maximum absolute atomic E-state index is 10.9. The van der Waals surface area contributed by atoms with Crippen molar-refractivity contribution in [2.24, 2.45) is 0 Å². The molecule has 0 heterocycles. The molecule has 3 nitrogen and oxygen atoms in total. The van der Waals surface area contributed by atoms with E-state index in [0.717, 1.165) is 21.3 Å². The lowest BCUT2D eigenvalue weighted by atomic mass is 10.00. The number of halogens is 2. The van der Waals surface area contributed by atoms with Crippen molar-refractivity contribution in [3.05, 3.63) is 63.1 Å². The molecule has 2 rings (SSSR count). The molecular weight excluding hydrogens is 354 g/mol. The van der Waals surface area contributed by atoms with Gasteiger partial charge in [0.1, 0.15) is 0 Å². The first-order valence-corrected chi connectivity index (χ1v) is 7.65. The van der Waals surface area contributed by atoms with E-state index in [1.54, 1.807) is 6.92 Å². The Labute approximate surface area is 137 Å². The molecule has 5 heteroatoms. The Balaban J connectivity index is 2.04. The largest absolute Gasteiger partial charge is 0.481 e. The zero-order valence-corrected chi connectivity index (χ0v) is 13.8. The van der Waals surface area contributed by atoms with Gasteiger partial charge in [0.25, 0.3) is 0 Å². The van der Waals surface area contributed by atoms with Crippen molar-refractivity contribution in [1.82, 2.24) is 0 Å². The van der Waals surface area contributed by atoms with Gasteiger partial charge >= 0.3 is 5.97 Å². The number of carbonyl (C=O) groups is 1. The highest BCUT2D eigenvalue weighted by Crippen LogP contribution is 2.26. The van der Waals surface area contributed by atoms with Gasteiger partial charge in [-0.1, -0.05) is 35.9 Å². The van der Waals surface area contributed by atoms with Gasteiger partial charge in [-0.15, -0.1) is 0 Å². The second kappa shape index (κ2) is 6.96. The number of carboxylic acid groups (broad SMARTS) is 1. The number of aliphatic carboxylic acids is 1. The van der Waals surface area contributed by atoms with Crippen molar-refractivity contribution in [1.29, 1.82) is 0 Å². The van der Waals surface area contributed by atoms with Gasteiger partial charge in [0.15, 0.2) is 0 Å². The smallest absolute Gasteiger partial charge is 0.310 e. The van der Waals surface area contributed by atoms with E-state index in [0.29, 0.717) is 11.6 Å². The maximum atomic E-state index is 10.9. The lowest BCUT2D eigenvalue weighted by Gasteiger charge is -2.11. The molecule has 1 atom stereocenters. The number of rotatable bonds is 5. The zero-order valence-electron chi connectivity index (χ0n) is 11.4. The van der Waals surface area contributed by atoms with Crippen molar-refractivity contribution in [2.45, 2.75) is 19.4 Å². The summed E-state index contributed by atoms with van der Waals surface area (Å²) in [4.78, 5) is 10.9. The van der Waals surface area contributed by atoms with Gasteiger partial charge in [0, 0.05) is 16.0 Å². The normalized spacial score (nSPS) is 12.0. The number of nitrogens with one attached hydrogen (secondary N) is 1. The minimum Gasteiger partial charge on any atom is -0.481 e. The van der Waals surface area contributed by atoms with Crippen LogP contribution in [0.2, 0.25) is 5.02 Å². The molecule has 0 aromatic heterocycles. The summed E-state index contributed by atoms with van der Waals surface area (Å²) in [5.41, 5.74) is 2.80. The molecule has 0 bridgehead atoms. The average Bonchev–Trinajstić information content (AvgIpc) is 2.48. The number of carboxylic acids is 1. The molecule has 21 heavy (non-hydrogen) atoms. The van der Waals surface area contributed by atoms with Crippen molar-refractivity contribution in [2.75, 3.05) is 5.32 Å². The van der Waals surface area contributed by atoms with E-state index in [1.807, 2.05) is 42.5 Å². The molecule has 2 N–H and O–H groups in total. The molecule has 0 aliphatic rings. The summed E-state index contributed by atoms with van der Waals surface area (Å²) in [7, 11) is 0. The molecule has 2 aromatic carbocycles. The fraction of sp³-hybridized carbons (Fsp3) is 0.188. The van der Waals surface area contributed by atoms with Gasteiger partial charge in [-0.25, -0.2) is 0 Å². The van der Waals surface area contributed by atoms with Gasteiger partial charge < -0.3 is 10.4 Å². The zero-order chi connectivity index (χ0) is 15.4. The van der Waals surface area contributed by atoms with E-state index in [2.05, 4.69) is 21.2 Å². The van der Waals surface area contributed by atoms with Gasteiger partial charge in [0.05, 0.1) is 11.6 Å². The van der Waals surface area contributed by atoms with Crippen LogP contribution in [0.25, 0.3) is 0 Å². The van der Waals surface area contributed by atoms with Gasteiger partial charge in [0.2, 0.25) is 0 Å². The molecular formula is C16H15BrClNO2. The summed E-state index contributed by atoms with van der Waals surface area (Å²) >= 11 is 9.43. The van der Waals surface area contributed by atoms with Crippen LogP contribution in [0, 0.1) is 0 Å². The summed E-state index contributed by atoms with van der Waals surface area (Å²) in [6.45, 7) is 2.32. The van der Waals surface area contributed by atoms with Crippen LogP contribution in [0.4, 0.5) is 5.69 Å². The fourth-order valence-electron chi connectivity index (χ4n) is 1.90. The first-order chi connectivity index (χ1) is 9.97. The van der Waals surface area contributed by atoms with E-state index in [1.165, 1.54) is 0 Å². The first-order valence-electron chi connectivity index (χ1n) is 6.48. The van der Waals surface area contributed by atoms with Crippen LogP contribution in [-0.2, 0) is 11.3 Å². The van der Waals surface area contributed by atoms with Crippen molar-refractivity contribution in [3.63, 3.8) is 0 Å². The molecule has 0 spiro atoms. The van der Waals surface area contributed by atoms with Crippen LogP contribution in [0.1, 0.15) is 24.0 Å². The van der Waals surface area contributed by atoms with E-state index in [4.69, 9.17) is 16.7 Å². The number of benzene rings is 2. The number of anilines is 1. The molecule has 0 saturated carbocycles. The standard InChI is InChI=1S/C16H15BrClNO2/c1-10(16(20)21)12-4-2-11(3-5-12)9-19-15-8-13(18)6-7-14(15)17/h2-8,10,19H,9H2,1H3,(H,20,21). The van der Waals surface area contributed by atoms with Crippen LogP contribution in [0.3, 0.4) is 0 Å². The monoisotopic (exact) mass is 367 g/mol. The highest BCUT2D eigenvalue weighted by molar-refractivity contribution is 9.10. The van der Waals surface area contributed by atoms with E-state index in [9.17, 15) is 4.79 Å². The summed E-state index contributed by atoms with van der Waals surface area (Å²) in [5, 5.41) is 12.9. The fourth-order valence-corrected chi connectivity index (χ4v) is 2.46.